The number of benzene rings is 2. The molecule has 0 radical (unpaired) electrons. The molecular weight excluding hydrogens is 356 g/mol. The highest BCUT2D eigenvalue weighted by molar-refractivity contribution is 9.10. The summed E-state index contributed by atoms with van der Waals surface area (Å²) in [5.41, 5.74) is 2.41. The number of halogens is 2. The van der Waals surface area contributed by atoms with Crippen LogP contribution >= 0.6 is 27.5 Å². The molecule has 0 amide bonds. The highest BCUT2D eigenvalue weighted by Gasteiger charge is 2.15. The Morgan fingerprint density at radius 2 is 1.95 bits per heavy atom. The van der Waals surface area contributed by atoms with Crippen molar-refractivity contribution < 1.29 is 9.63 Å². The number of hydrogen-bond donors (Lipinski definition) is 1. The first-order chi connectivity index (χ1) is 10.0. The van der Waals surface area contributed by atoms with Gasteiger partial charge in [0.25, 0.3) is 5.89 Å². The van der Waals surface area contributed by atoms with Gasteiger partial charge in [-0.3, -0.25) is 0 Å². The molecule has 0 atom stereocenters. The van der Waals surface area contributed by atoms with Gasteiger partial charge < -0.3 is 9.63 Å². The summed E-state index contributed by atoms with van der Waals surface area (Å²) in [6, 6.07) is 10.4. The molecule has 1 aromatic heterocycles. The van der Waals surface area contributed by atoms with E-state index in [-0.39, 0.29) is 11.6 Å². The molecule has 0 spiro atoms. The van der Waals surface area contributed by atoms with Crippen LogP contribution in [0.15, 0.2) is 45.4 Å². The van der Waals surface area contributed by atoms with Gasteiger partial charge in [-0.2, -0.15) is 4.98 Å². The van der Waals surface area contributed by atoms with E-state index in [1.54, 1.807) is 6.07 Å². The van der Waals surface area contributed by atoms with Gasteiger partial charge in [0.1, 0.15) is 5.75 Å². The molecule has 0 bridgehead atoms. The van der Waals surface area contributed by atoms with Crippen LogP contribution in [-0.4, -0.2) is 15.2 Å². The minimum absolute atomic E-state index is 0.0916. The molecule has 2 aromatic carbocycles. The van der Waals surface area contributed by atoms with Crippen LogP contribution in [0.2, 0.25) is 5.02 Å². The van der Waals surface area contributed by atoms with Crippen LogP contribution in [0, 0.1) is 6.92 Å². The number of rotatable bonds is 2. The lowest BCUT2D eigenvalue weighted by atomic mass is 10.1. The minimum atomic E-state index is 0.0916. The van der Waals surface area contributed by atoms with E-state index in [1.807, 2.05) is 25.1 Å². The van der Waals surface area contributed by atoms with Crippen LogP contribution < -0.4 is 0 Å². The Kier molecular flexibility index (Phi) is 3.69. The Balaban J connectivity index is 2.06. The SMILES string of the molecule is Cc1cc(Br)ccc1-c1noc(-c2cc(O)ccc2Cl)n1. The fraction of sp³-hybridized carbons (Fsp3) is 0.0667. The van der Waals surface area contributed by atoms with E-state index in [9.17, 15) is 5.11 Å². The average Bonchev–Trinajstić information content (AvgIpc) is 2.91. The third-order valence-corrected chi connectivity index (χ3v) is 3.86. The Labute approximate surface area is 134 Å². The Bertz CT molecular complexity index is 817. The van der Waals surface area contributed by atoms with Gasteiger partial charge >= 0.3 is 0 Å². The fourth-order valence-corrected chi connectivity index (χ4v) is 2.67. The van der Waals surface area contributed by atoms with Crippen LogP contribution in [0.25, 0.3) is 22.8 Å². The van der Waals surface area contributed by atoms with Crippen molar-refractivity contribution in [1.82, 2.24) is 10.1 Å². The van der Waals surface area contributed by atoms with E-state index in [1.165, 1.54) is 12.1 Å². The third kappa shape index (κ3) is 2.80. The predicted molar refractivity (Wildman–Crippen MR) is 84.3 cm³/mol. The van der Waals surface area contributed by atoms with Gasteiger partial charge in [0.15, 0.2) is 0 Å². The molecule has 106 valence electrons. The summed E-state index contributed by atoms with van der Waals surface area (Å²) in [5.74, 6) is 0.844. The van der Waals surface area contributed by atoms with Crippen LogP contribution in [0.1, 0.15) is 5.56 Å². The molecule has 4 nitrogen and oxygen atoms in total. The zero-order chi connectivity index (χ0) is 15.0. The zero-order valence-electron chi connectivity index (χ0n) is 11.0. The number of phenols is 1. The first-order valence-electron chi connectivity index (χ1n) is 6.14. The molecule has 6 heteroatoms. The maximum atomic E-state index is 9.54. The van der Waals surface area contributed by atoms with E-state index in [0.29, 0.717) is 16.4 Å². The molecule has 1 N–H and O–H groups in total. The summed E-state index contributed by atoms with van der Waals surface area (Å²) in [6.07, 6.45) is 0. The summed E-state index contributed by atoms with van der Waals surface area (Å²) in [5, 5.41) is 14.0. The number of phenolic OH excluding ortho intramolecular Hbond substituents is 1. The highest BCUT2D eigenvalue weighted by Crippen LogP contribution is 2.32. The summed E-state index contributed by atoms with van der Waals surface area (Å²) in [6.45, 7) is 1.97. The molecular formula is C15H10BrClN2O2. The number of aromatic nitrogens is 2. The van der Waals surface area contributed by atoms with Crippen molar-refractivity contribution in [2.45, 2.75) is 6.92 Å². The first-order valence-corrected chi connectivity index (χ1v) is 7.31. The van der Waals surface area contributed by atoms with Gasteiger partial charge in [-0.1, -0.05) is 32.7 Å². The van der Waals surface area contributed by atoms with Crippen molar-refractivity contribution in [1.29, 1.82) is 0 Å². The van der Waals surface area contributed by atoms with Gasteiger partial charge in [0.2, 0.25) is 5.82 Å². The summed E-state index contributed by atoms with van der Waals surface area (Å²) >= 11 is 9.51. The maximum Gasteiger partial charge on any atom is 0.259 e. The van der Waals surface area contributed by atoms with E-state index in [0.717, 1.165) is 15.6 Å². The lowest BCUT2D eigenvalue weighted by molar-refractivity contribution is 0.431. The van der Waals surface area contributed by atoms with Crippen molar-refractivity contribution in [2.24, 2.45) is 0 Å². The normalized spacial score (nSPS) is 10.8. The number of nitrogens with zero attached hydrogens (tertiary/aromatic N) is 2. The summed E-state index contributed by atoms with van der Waals surface area (Å²) < 4.78 is 6.25. The lowest BCUT2D eigenvalue weighted by Crippen LogP contribution is -1.86. The van der Waals surface area contributed by atoms with Crippen molar-refractivity contribution in [3.8, 4) is 28.6 Å². The molecule has 3 rings (SSSR count). The second-order valence-corrected chi connectivity index (χ2v) is 5.87. The van der Waals surface area contributed by atoms with Gasteiger partial charge in [0, 0.05) is 10.0 Å². The predicted octanol–water partition coefficient (Wildman–Crippen LogP) is 4.83. The van der Waals surface area contributed by atoms with Crippen molar-refractivity contribution in [3.63, 3.8) is 0 Å². The molecule has 0 aliphatic rings. The standard InChI is InChI=1S/C15H10BrClN2O2/c1-8-6-9(16)2-4-11(8)14-18-15(21-19-14)12-7-10(20)3-5-13(12)17/h2-7,20H,1H3. The minimum Gasteiger partial charge on any atom is -0.508 e. The molecule has 1 heterocycles. The first kappa shape index (κ1) is 14.1. The fourth-order valence-electron chi connectivity index (χ4n) is 2.00. The lowest BCUT2D eigenvalue weighted by Gasteiger charge is -2.01. The zero-order valence-corrected chi connectivity index (χ0v) is 13.3. The molecule has 0 aliphatic carbocycles. The maximum absolute atomic E-state index is 9.54. The Morgan fingerprint density at radius 3 is 2.71 bits per heavy atom. The monoisotopic (exact) mass is 364 g/mol. The topological polar surface area (TPSA) is 59.2 Å². The van der Waals surface area contributed by atoms with Crippen LogP contribution in [0.3, 0.4) is 0 Å². The van der Waals surface area contributed by atoms with Crippen molar-refractivity contribution >= 4 is 27.5 Å². The van der Waals surface area contributed by atoms with Gasteiger partial charge in [-0.05, 0) is 48.9 Å². The second-order valence-electron chi connectivity index (χ2n) is 4.55. The summed E-state index contributed by atoms with van der Waals surface area (Å²) in [7, 11) is 0. The number of aromatic hydroxyl groups is 1. The van der Waals surface area contributed by atoms with E-state index in [2.05, 4.69) is 26.1 Å². The van der Waals surface area contributed by atoms with E-state index in [4.69, 9.17) is 16.1 Å². The smallest absolute Gasteiger partial charge is 0.259 e. The quantitative estimate of drug-likeness (QED) is 0.706. The molecule has 0 aliphatic heterocycles. The van der Waals surface area contributed by atoms with Gasteiger partial charge in [-0.15, -0.1) is 0 Å². The molecule has 0 fully saturated rings. The highest BCUT2D eigenvalue weighted by atomic mass is 79.9. The molecule has 3 aromatic rings. The molecule has 0 unspecified atom stereocenters. The number of aryl methyl sites for hydroxylation is 1. The molecule has 0 saturated carbocycles. The van der Waals surface area contributed by atoms with Gasteiger partial charge in [-0.25, -0.2) is 0 Å². The Hall–Kier alpha value is -1.85. The second kappa shape index (κ2) is 5.50. The summed E-state index contributed by atoms with van der Waals surface area (Å²) in [4.78, 5) is 4.35. The van der Waals surface area contributed by atoms with Crippen LogP contribution in [-0.2, 0) is 0 Å². The molecule has 0 saturated heterocycles. The van der Waals surface area contributed by atoms with Gasteiger partial charge in [0.05, 0.1) is 10.6 Å². The van der Waals surface area contributed by atoms with Crippen LogP contribution in [0.5, 0.6) is 5.75 Å². The van der Waals surface area contributed by atoms with Crippen molar-refractivity contribution in [2.75, 3.05) is 0 Å². The third-order valence-electron chi connectivity index (χ3n) is 3.04. The van der Waals surface area contributed by atoms with Crippen LogP contribution in [0.4, 0.5) is 0 Å². The largest absolute Gasteiger partial charge is 0.508 e. The van der Waals surface area contributed by atoms with E-state index < -0.39 is 0 Å². The van der Waals surface area contributed by atoms with E-state index >= 15 is 0 Å². The average molecular weight is 366 g/mol. The molecule has 21 heavy (non-hydrogen) atoms. The Morgan fingerprint density at radius 1 is 1.14 bits per heavy atom. The van der Waals surface area contributed by atoms with Crippen molar-refractivity contribution in [3.05, 3.63) is 51.5 Å². The number of hydrogen-bond acceptors (Lipinski definition) is 4.